The first-order valence-electron chi connectivity index (χ1n) is 12.8. The quantitative estimate of drug-likeness (QED) is 0.397. The summed E-state index contributed by atoms with van der Waals surface area (Å²) in [6, 6.07) is 10.1. The van der Waals surface area contributed by atoms with Gasteiger partial charge in [-0.15, -0.1) is 0 Å². The number of nitrogens with zero attached hydrogens (tertiary/aromatic N) is 3. The molecule has 3 N–H and O–H groups in total. The Morgan fingerprint density at radius 3 is 2.61 bits per heavy atom. The molecule has 3 rings (SSSR count). The van der Waals surface area contributed by atoms with Crippen LogP contribution in [0, 0.1) is 5.92 Å². The van der Waals surface area contributed by atoms with Crippen LogP contribution in [0.25, 0.3) is 0 Å². The van der Waals surface area contributed by atoms with Crippen LogP contribution in [0.3, 0.4) is 0 Å². The maximum atomic E-state index is 12.9. The molecule has 0 radical (unpaired) electrons. The molecule has 1 aliphatic heterocycles. The van der Waals surface area contributed by atoms with Gasteiger partial charge in [-0.1, -0.05) is 26.8 Å². The number of amides is 1. The number of hydrogen-bond donors (Lipinski definition) is 2. The van der Waals surface area contributed by atoms with Crippen LogP contribution in [0.5, 0.6) is 0 Å². The monoisotopic (exact) mass is 513 g/mol. The molecule has 36 heavy (non-hydrogen) atoms. The van der Waals surface area contributed by atoms with E-state index in [1.165, 1.54) is 5.56 Å². The average Bonchev–Trinajstić information content (AvgIpc) is 3.09. The number of carbonyl (C=O) groups is 1. The summed E-state index contributed by atoms with van der Waals surface area (Å²) in [7, 11) is 0. The van der Waals surface area contributed by atoms with E-state index < -0.39 is 5.60 Å². The number of carbonyl (C=O) groups excluding carboxylic acids is 1. The molecule has 2 aromatic heterocycles. The summed E-state index contributed by atoms with van der Waals surface area (Å²) in [6.07, 6.45) is 4.42. The number of nitrogens with two attached hydrogens (primary N) is 1. The summed E-state index contributed by atoms with van der Waals surface area (Å²) in [4.78, 5) is 24.1. The predicted molar refractivity (Wildman–Crippen MR) is 148 cm³/mol. The van der Waals surface area contributed by atoms with E-state index in [0.29, 0.717) is 12.5 Å². The Labute approximate surface area is 221 Å². The molecule has 0 spiro atoms. The number of rotatable bonds is 7. The second-order valence-electron chi connectivity index (χ2n) is 12.4. The minimum atomic E-state index is -0.507. The normalized spacial score (nSPS) is 18.7. The van der Waals surface area contributed by atoms with Gasteiger partial charge in [0, 0.05) is 18.3 Å². The fourth-order valence-electron chi connectivity index (χ4n) is 4.76. The number of nitrogens with one attached hydrogen (secondary N) is 1. The summed E-state index contributed by atoms with van der Waals surface area (Å²) >= 11 is 1.14. The van der Waals surface area contributed by atoms with Crippen LogP contribution < -0.4 is 10.5 Å². The molecular formula is C28H43N5O2S. The summed E-state index contributed by atoms with van der Waals surface area (Å²) < 4.78 is 5.69. The highest BCUT2D eigenvalue weighted by Gasteiger charge is 2.42. The van der Waals surface area contributed by atoms with Gasteiger partial charge in [0.1, 0.15) is 16.4 Å². The molecule has 1 fully saturated rings. The minimum absolute atomic E-state index is 0.0171. The summed E-state index contributed by atoms with van der Waals surface area (Å²) in [5, 5.41) is 10.1. The van der Waals surface area contributed by atoms with E-state index in [-0.39, 0.29) is 23.1 Å². The van der Waals surface area contributed by atoms with Crippen molar-refractivity contribution < 1.29 is 9.53 Å². The zero-order valence-corrected chi connectivity index (χ0v) is 23.9. The van der Waals surface area contributed by atoms with E-state index in [1.807, 2.05) is 50.1 Å². The molecule has 2 aromatic rings. The molecule has 0 aromatic carbocycles. The molecule has 0 saturated carbocycles. The highest BCUT2D eigenvalue weighted by molar-refractivity contribution is 7.97. The average molecular weight is 514 g/mol. The van der Waals surface area contributed by atoms with Gasteiger partial charge in [0.2, 0.25) is 0 Å². The van der Waals surface area contributed by atoms with Crippen molar-refractivity contribution in [2.24, 2.45) is 11.1 Å². The summed E-state index contributed by atoms with van der Waals surface area (Å²) in [6.45, 7) is 17.3. The fourth-order valence-corrected chi connectivity index (χ4v) is 5.07. The predicted octanol–water partition coefficient (Wildman–Crippen LogP) is 6.71. The maximum absolute atomic E-state index is 12.9. The van der Waals surface area contributed by atoms with Crippen molar-refractivity contribution in [2.75, 3.05) is 11.9 Å². The molecular weight excluding hydrogens is 470 g/mol. The first kappa shape index (κ1) is 28.3. The van der Waals surface area contributed by atoms with Gasteiger partial charge in [0.25, 0.3) is 0 Å². The number of likely N-dealkylation sites (tertiary alicyclic amines) is 1. The molecule has 1 saturated heterocycles. The molecule has 2 unspecified atom stereocenters. The molecule has 1 amide bonds. The van der Waals surface area contributed by atoms with Crippen molar-refractivity contribution in [3.63, 3.8) is 0 Å². The maximum Gasteiger partial charge on any atom is 0.410 e. The topological polar surface area (TPSA) is 93.4 Å². The van der Waals surface area contributed by atoms with E-state index in [9.17, 15) is 4.79 Å². The first-order chi connectivity index (χ1) is 16.7. The van der Waals surface area contributed by atoms with Gasteiger partial charge in [0.15, 0.2) is 0 Å². The third-order valence-corrected chi connectivity index (χ3v) is 7.08. The highest BCUT2D eigenvalue weighted by Crippen LogP contribution is 2.38. The Kier molecular flexibility index (Phi) is 8.61. The second-order valence-corrected chi connectivity index (χ2v) is 13.1. The van der Waals surface area contributed by atoms with Crippen molar-refractivity contribution >= 4 is 23.9 Å². The second kappa shape index (κ2) is 11.0. The fraction of sp³-hybridized carbons (Fsp3) is 0.607. The van der Waals surface area contributed by atoms with Crippen molar-refractivity contribution in [3.05, 3.63) is 47.8 Å². The molecule has 3 heterocycles. The molecule has 1 aliphatic rings. The van der Waals surface area contributed by atoms with Gasteiger partial charge in [-0.25, -0.2) is 9.78 Å². The summed E-state index contributed by atoms with van der Waals surface area (Å²) in [5.41, 5.74) is 1.52. The van der Waals surface area contributed by atoms with Gasteiger partial charge >= 0.3 is 6.09 Å². The van der Waals surface area contributed by atoms with Gasteiger partial charge in [-0.2, -0.15) is 0 Å². The van der Waals surface area contributed by atoms with Gasteiger partial charge < -0.3 is 15.0 Å². The van der Waals surface area contributed by atoms with E-state index in [4.69, 9.17) is 14.9 Å². The Bertz CT molecular complexity index is 1040. The lowest BCUT2D eigenvalue weighted by Crippen LogP contribution is -2.45. The molecule has 8 heteroatoms. The molecule has 2 atom stereocenters. The molecule has 0 aliphatic carbocycles. The van der Waals surface area contributed by atoms with E-state index >= 15 is 0 Å². The smallest absolute Gasteiger partial charge is 0.410 e. The first-order valence-corrected chi connectivity index (χ1v) is 13.6. The van der Waals surface area contributed by atoms with E-state index in [2.05, 4.69) is 57.1 Å². The number of pyridine rings is 2. The van der Waals surface area contributed by atoms with Crippen LogP contribution in [-0.4, -0.2) is 38.6 Å². The lowest BCUT2D eigenvalue weighted by molar-refractivity contribution is 0.0131. The van der Waals surface area contributed by atoms with Gasteiger partial charge in [-0.05, 0) is 107 Å². The van der Waals surface area contributed by atoms with Crippen LogP contribution in [0.1, 0.15) is 92.0 Å². The van der Waals surface area contributed by atoms with Crippen LogP contribution in [0.2, 0.25) is 0 Å². The largest absolute Gasteiger partial charge is 0.444 e. The molecule has 7 nitrogen and oxygen atoms in total. The van der Waals surface area contributed by atoms with Crippen molar-refractivity contribution in [3.8, 4) is 0 Å². The Hall–Kier alpha value is -2.32. The Morgan fingerprint density at radius 1 is 1.25 bits per heavy atom. The zero-order chi connectivity index (χ0) is 26.7. The zero-order valence-electron chi connectivity index (χ0n) is 23.1. The molecule has 198 valence electrons. The van der Waals surface area contributed by atoms with E-state index in [1.54, 1.807) is 0 Å². The SMILES string of the molecule is CC(C)(C)OC(=O)N1CC(CCC(Nc2cccc(SN)n2)c2cc(C(C)(C)C)ccn2)CC1(C)C. The van der Waals surface area contributed by atoms with Crippen molar-refractivity contribution in [2.45, 2.75) is 102 Å². The number of ether oxygens (including phenoxy) is 1. The van der Waals surface area contributed by atoms with Crippen molar-refractivity contribution in [1.29, 1.82) is 0 Å². The third-order valence-electron chi connectivity index (χ3n) is 6.61. The van der Waals surface area contributed by atoms with Crippen LogP contribution in [-0.2, 0) is 10.2 Å². The lowest BCUT2D eigenvalue weighted by Gasteiger charge is -2.33. The number of anilines is 1. The highest BCUT2D eigenvalue weighted by atomic mass is 32.2. The van der Waals surface area contributed by atoms with Crippen LogP contribution in [0.15, 0.2) is 41.6 Å². The Balaban J connectivity index is 1.79. The minimum Gasteiger partial charge on any atom is -0.444 e. The lowest BCUT2D eigenvalue weighted by atomic mass is 9.86. The van der Waals surface area contributed by atoms with Gasteiger partial charge in [0.05, 0.1) is 11.7 Å². The van der Waals surface area contributed by atoms with E-state index in [0.717, 1.165) is 47.7 Å². The number of aromatic nitrogens is 2. The third kappa shape index (κ3) is 7.59. The summed E-state index contributed by atoms with van der Waals surface area (Å²) in [5.74, 6) is 1.15. The van der Waals surface area contributed by atoms with Crippen molar-refractivity contribution in [1.82, 2.24) is 14.9 Å². The van der Waals surface area contributed by atoms with Crippen LogP contribution in [0.4, 0.5) is 10.6 Å². The standard InChI is InChI=1S/C28H43N5O2S/c1-26(2,3)20-14-15-30-22(16-20)21(31-23-10-9-11-24(32-23)36-29)13-12-19-17-28(7,8)33(18-19)25(34)35-27(4,5)6/h9-11,14-16,19,21H,12-13,17-18,29H2,1-8H3,(H,31,32). The molecule has 0 bridgehead atoms. The van der Waals surface area contributed by atoms with Gasteiger partial charge in [-0.3, -0.25) is 10.1 Å². The van der Waals surface area contributed by atoms with Crippen LogP contribution >= 0.6 is 11.9 Å². The number of hydrogen-bond acceptors (Lipinski definition) is 7. The Morgan fingerprint density at radius 2 is 1.97 bits per heavy atom.